The average Bonchev–Trinajstić information content (AvgIpc) is 2.40. The maximum absolute atomic E-state index is 12.2. The molecule has 3 nitrogen and oxygen atoms in total. The van der Waals surface area contributed by atoms with Gasteiger partial charge in [0.25, 0.3) is 0 Å². The first-order valence-electron chi connectivity index (χ1n) is 6.84. The van der Waals surface area contributed by atoms with E-state index >= 15 is 0 Å². The Morgan fingerprint density at radius 1 is 1.53 bits per heavy atom. The molecule has 1 N–H and O–H groups in total. The monoisotopic (exact) mass is 324 g/mol. The normalized spacial score (nSPS) is 19.2. The molecule has 1 aromatic carbocycles. The van der Waals surface area contributed by atoms with Crippen molar-refractivity contribution in [3.05, 3.63) is 34.3 Å². The van der Waals surface area contributed by atoms with Crippen LogP contribution in [0.5, 0.6) is 0 Å². The Balaban J connectivity index is 1.84. The number of hydrogen-bond acceptors (Lipinski definition) is 2. The predicted molar refractivity (Wildman–Crippen MR) is 80.8 cm³/mol. The highest BCUT2D eigenvalue weighted by atomic mass is 79.9. The number of hydrogen-bond donors (Lipinski definition) is 1. The molecule has 0 aromatic heterocycles. The maximum Gasteiger partial charge on any atom is 0.222 e. The summed E-state index contributed by atoms with van der Waals surface area (Å²) in [6.45, 7) is 2.76. The number of nitrogens with zero attached hydrogens (tertiary/aromatic N) is 1. The van der Waals surface area contributed by atoms with Crippen LogP contribution >= 0.6 is 15.9 Å². The van der Waals surface area contributed by atoms with Crippen LogP contribution in [0, 0.1) is 5.92 Å². The molecule has 0 radical (unpaired) electrons. The third-order valence-corrected chi connectivity index (χ3v) is 4.09. The second-order valence-electron chi connectivity index (χ2n) is 5.30. The van der Waals surface area contributed by atoms with E-state index in [2.05, 4.69) is 33.4 Å². The van der Waals surface area contributed by atoms with Crippen molar-refractivity contribution in [1.82, 2.24) is 10.2 Å². The number of benzene rings is 1. The van der Waals surface area contributed by atoms with E-state index in [1.54, 1.807) is 0 Å². The molecule has 4 heteroatoms. The zero-order valence-electron chi connectivity index (χ0n) is 11.4. The number of nitrogens with one attached hydrogen (secondary N) is 1. The van der Waals surface area contributed by atoms with E-state index < -0.39 is 0 Å². The molecule has 0 saturated carbocycles. The SMILES string of the molecule is CN(Cc1cccc(Br)c1)C(=O)CC1CCCNC1. The molecule has 1 aliphatic heterocycles. The lowest BCUT2D eigenvalue weighted by Gasteiger charge is -2.25. The lowest BCUT2D eigenvalue weighted by atomic mass is 9.95. The summed E-state index contributed by atoms with van der Waals surface area (Å²) in [6, 6.07) is 8.12. The van der Waals surface area contributed by atoms with Crippen LogP contribution in [0.4, 0.5) is 0 Å². The zero-order chi connectivity index (χ0) is 13.7. The lowest BCUT2D eigenvalue weighted by molar-refractivity contribution is -0.131. The highest BCUT2D eigenvalue weighted by Crippen LogP contribution is 2.17. The standard InChI is InChI=1S/C15H21BrN2O/c1-18(11-13-4-2-6-14(16)8-13)15(19)9-12-5-3-7-17-10-12/h2,4,6,8,12,17H,3,5,7,9-11H2,1H3. The van der Waals surface area contributed by atoms with Crippen molar-refractivity contribution in [1.29, 1.82) is 0 Å². The van der Waals surface area contributed by atoms with Gasteiger partial charge in [-0.15, -0.1) is 0 Å². The molecule has 0 spiro atoms. The van der Waals surface area contributed by atoms with E-state index in [4.69, 9.17) is 0 Å². The first-order valence-corrected chi connectivity index (χ1v) is 7.63. The number of rotatable bonds is 4. The summed E-state index contributed by atoms with van der Waals surface area (Å²) in [6.07, 6.45) is 3.02. The summed E-state index contributed by atoms with van der Waals surface area (Å²) < 4.78 is 1.06. The van der Waals surface area contributed by atoms with Gasteiger partial charge >= 0.3 is 0 Å². The summed E-state index contributed by atoms with van der Waals surface area (Å²) in [5.74, 6) is 0.750. The van der Waals surface area contributed by atoms with E-state index in [1.807, 2.05) is 24.1 Å². The summed E-state index contributed by atoms with van der Waals surface area (Å²) in [5, 5.41) is 3.36. The van der Waals surface area contributed by atoms with Crippen LogP contribution in [-0.2, 0) is 11.3 Å². The van der Waals surface area contributed by atoms with Gasteiger partial charge in [0.15, 0.2) is 0 Å². The molecule has 1 unspecified atom stereocenters. The minimum absolute atomic E-state index is 0.244. The number of amides is 1. The van der Waals surface area contributed by atoms with E-state index in [1.165, 1.54) is 12.8 Å². The molecule has 2 rings (SSSR count). The van der Waals surface area contributed by atoms with Crippen LogP contribution in [0.25, 0.3) is 0 Å². The summed E-state index contributed by atoms with van der Waals surface area (Å²) in [5.41, 5.74) is 1.16. The molecule has 104 valence electrons. The van der Waals surface area contributed by atoms with Crippen LogP contribution in [0.1, 0.15) is 24.8 Å². The van der Waals surface area contributed by atoms with Crippen molar-refractivity contribution in [2.45, 2.75) is 25.8 Å². The quantitative estimate of drug-likeness (QED) is 0.923. The van der Waals surface area contributed by atoms with E-state index in [-0.39, 0.29) is 5.91 Å². The Morgan fingerprint density at radius 3 is 3.05 bits per heavy atom. The molecule has 19 heavy (non-hydrogen) atoms. The molecule has 1 amide bonds. The van der Waals surface area contributed by atoms with Gasteiger partial charge in [-0.2, -0.15) is 0 Å². The van der Waals surface area contributed by atoms with Crippen molar-refractivity contribution in [3.8, 4) is 0 Å². The van der Waals surface area contributed by atoms with Crippen LogP contribution in [0.3, 0.4) is 0 Å². The number of piperidine rings is 1. The fourth-order valence-corrected chi connectivity index (χ4v) is 2.95. The van der Waals surface area contributed by atoms with Crippen molar-refractivity contribution < 1.29 is 4.79 Å². The van der Waals surface area contributed by atoms with Crippen LogP contribution in [0.2, 0.25) is 0 Å². The molecule has 1 fully saturated rings. The lowest BCUT2D eigenvalue weighted by Crippen LogP contribution is -2.34. The topological polar surface area (TPSA) is 32.3 Å². The van der Waals surface area contributed by atoms with Gasteiger partial charge in [-0.05, 0) is 49.5 Å². The summed E-state index contributed by atoms with van der Waals surface area (Å²) in [7, 11) is 1.89. The van der Waals surface area contributed by atoms with Gasteiger partial charge in [-0.25, -0.2) is 0 Å². The summed E-state index contributed by atoms with van der Waals surface area (Å²) >= 11 is 3.46. The maximum atomic E-state index is 12.2. The molecular weight excluding hydrogens is 304 g/mol. The zero-order valence-corrected chi connectivity index (χ0v) is 12.9. The highest BCUT2D eigenvalue weighted by molar-refractivity contribution is 9.10. The van der Waals surface area contributed by atoms with Gasteiger partial charge in [0.1, 0.15) is 0 Å². The minimum atomic E-state index is 0.244. The Labute approximate surface area is 123 Å². The Morgan fingerprint density at radius 2 is 2.37 bits per heavy atom. The fourth-order valence-electron chi connectivity index (χ4n) is 2.50. The average molecular weight is 325 g/mol. The molecule has 0 bridgehead atoms. The van der Waals surface area contributed by atoms with Crippen LogP contribution in [0.15, 0.2) is 28.7 Å². The molecular formula is C15H21BrN2O. The molecule has 0 aliphatic carbocycles. The molecule has 1 aromatic rings. The second kappa shape index (κ2) is 7.06. The van der Waals surface area contributed by atoms with Crippen molar-refractivity contribution in [2.75, 3.05) is 20.1 Å². The predicted octanol–water partition coefficient (Wildman–Crippen LogP) is 2.80. The molecule has 1 atom stereocenters. The highest BCUT2D eigenvalue weighted by Gasteiger charge is 2.19. The van der Waals surface area contributed by atoms with Gasteiger partial charge in [-0.1, -0.05) is 28.1 Å². The van der Waals surface area contributed by atoms with Gasteiger partial charge in [0, 0.05) is 24.5 Å². The van der Waals surface area contributed by atoms with Crippen molar-refractivity contribution in [2.24, 2.45) is 5.92 Å². The van der Waals surface area contributed by atoms with Crippen molar-refractivity contribution in [3.63, 3.8) is 0 Å². The van der Waals surface area contributed by atoms with Crippen LogP contribution < -0.4 is 5.32 Å². The third-order valence-electron chi connectivity index (χ3n) is 3.60. The third kappa shape index (κ3) is 4.62. The van der Waals surface area contributed by atoms with Gasteiger partial charge < -0.3 is 10.2 Å². The fraction of sp³-hybridized carbons (Fsp3) is 0.533. The van der Waals surface area contributed by atoms with Crippen LogP contribution in [-0.4, -0.2) is 30.9 Å². The van der Waals surface area contributed by atoms with Gasteiger partial charge in [-0.3, -0.25) is 4.79 Å². The molecule has 1 heterocycles. The number of halogens is 1. The summed E-state index contributed by atoms with van der Waals surface area (Å²) in [4.78, 5) is 14.0. The number of carbonyl (C=O) groups is 1. The molecule has 1 aliphatic rings. The van der Waals surface area contributed by atoms with E-state index in [0.29, 0.717) is 18.9 Å². The largest absolute Gasteiger partial charge is 0.341 e. The minimum Gasteiger partial charge on any atom is -0.341 e. The van der Waals surface area contributed by atoms with E-state index in [9.17, 15) is 4.79 Å². The second-order valence-corrected chi connectivity index (χ2v) is 6.21. The molecule has 1 saturated heterocycles. The Bertz CT molecular complexity index is 430. The first kappa shape index (κ1) is 14.5. The Hall–Kier alpha value is -0.870. The number of carbonyl (C=O) groups excluding carboxylic acids is 1. The van der Waals surface area contributed by atoms with Gasteiger partial charge in [0.2, 0.25) is 5.91 Å². The smallest absolute Gasteiger partial charge is 0.222 e. The van der Waals surface area contributed by atoms with Crippen molar-refractivity contribution >= 4 is 21.8 Å². The first-order chi connectivity index (χ1) is 9.15. The van der Waals surface area contributed by atoms with Gasteiger partial charge in [0.05, 0.1) is 0 Å². The van der Waals surface area contributed by atoms with E-state index in [0.717, 1.165) is 23.1 Å². The Kier molecular flexibility index (Phi) is 5.40.